The predicted octanol–water partition coefficient (Wildman–Crippen LogP) is 2.92. The zero-order valence-corrected chi connectivity index (χ0v) is 13.8. The lowest BCUT2D eigenvalue weighted by atomic mass is 10.1. The number of hydrogen-bond donors (Lipinski definition) is 3. The van der Waals surface area contributed by atoms with Crippen molar-refractivity contribution in [2.45, 2.75) is 38.8 Å². The SMILES string of the molecule is CCC(C)NC(=O)CCNCC(O)c1cc(Cl)ccc1Cl. The number of benzene rings is 1. The van der Waals surface area contributed by atoms with Crippen molar-refractivity contribution in [3.05, 3.63) is 33.8 Å². The lowest BCUT2D eigenvalue weighted by molar-refractivity contribution is -0.121. The molecule has 3 N–H and O–H groups in total. The topological polar surface area (TPSA) is 61.4 Å². The van der Waals surface area contributed by atoms with Gasteiger partial charge in [0, 0.05) is 41.2 Å². The van der Waals surface area contributed by atoms with Crippen LogP contribution in [0.4, 0.5) is 0 Å². The van der Waals surface area contributed by atoms with Gasteiger partial charge in [-0.05, 0) is 31.5 Å². The van der Waals surface area contributed by atoms with Gasteiger partial charge in [-0.25, -0.2) is 0 Å². The highest BCUT2D eigenvalue weighted by molar-refractivity contribution is 6.33. The first-order valence-electron chi connectivity index (χ1n) is 7.07. The normalized spacial score (nSPS) is 13.8. The van der Waals surface area contributed by atoms with Crippen molar-refractivity contribution in [2.24, 2.45) is 0 Å². The lowest BCUT2D eigenvalue weighted by Crippen LogP contribution is -2.34. The summed E-state index contributed by atoms with van der Waals surface area (Å²) in [4.78, 5) is 11.6. The average Bonchev–Trinajstić information content (AvgIpc) is 2.45. The van der Waals surface area contributed by atoms with Crippen molar-refractivity contribution in [3.8, 4) is 0 Å². The van der Waals surface area contributed by atoms with Crippen molar-refractivity contribution in [1.29, 1.82) is 0 Å². The van der Waals surface area contributed by atoms with Gasteiger partial charge in [-0.1, -0.05) is 30.1 Å². The van der Waals surface area contributed by atoms with E-state index >= 15 is 0 Å². The van der Waals surface area contributed by atoms with Gasteiger partial charge >= 0.3 is 0 Å². The van der Waals surface area contributed by atoms with Crippen LogP contribution in [0.2, 0.25) is 10.0 Å². The van der Waals surface area contributed by atoms with E-state index in [1.165, 1.54) is 0 Å². The highest BCUT2D eigenvalue weighted by Crippen LogP contribution is 2.25. The second-order valence-corrected chi connectivity index (χ2v) is 5.86. The average molecular weight is 333 g/mol. The van der Waals surface area contributed by atoms with Gasteiger partial charge in [-0.15, -0.1) is 0 Å². The highest BCUT2D eigenvalue weighted by atomic mass is 35.5. The van der Waals surface area contributed by atoms with Crippen LogP contribution >= 0.6 is 23.2 Å². The highest BCUT2D eigenvalue weighted by Gasteiger charge is 2.12. The van der Waals surface area contributed by atoms with Crippen LogP contribution in [-0.4, -0.2) is 30.1 Å². The first-order chi connectivity index (χ1) is 9.93. The summed E-state index contributed by atoms with van der Waals surface area (Å²) in [5.74, 6) is 0.00660. The van der Waals surface area contributed by atoms with Gasteiger partial charge in [0.25, 0.3) is 0 Å². The smallest absolute Gasteiger partial charge is 0.221 e. The molecule has 0 aliphatic carbocycles. The summed E-state index contributed by atoms with van der Waals surface area (Å²) in [5.41, 5.74) is 0.584. The molecule has 0 spiro atoms. The summed E-state index contributed by atoms with van der Waals surface area (Å²) < 4.78 is 0. The Labute approximate surface area is 135 Å². The monoisotopic (exact) mass is 332 g/mol. The van der Waals surface area contributed by atoms with E-state index in [1.54, 1.807) is 18.2 Å². The van der Waals surface area contributed by atoms with Gasteiger partial charge < -0.3 is 15.7 Å². The van der Waals surface area contributed by atoms with E-state index in [0.717, 1.165) is 6.42 Å². The number of hydrogen-bond acceptors (Lipinski definition) is 3. The molecule has 2 unspecified atom stereocenters. The minimum atomic E-state index is -0.756. The standard InChI is InChI=1S/C15H22Cl2N2O2/c1-3-10(2)19-15(21)6-7-18-9-14(20)12-8-11(16)4-5-13(12)17/h4-5,8,10,14,18,20H,3,6-7,9H2,1-2H3,(H,19,21). The Kier molecular flexibility index (Phi) is 8.04. The zero-order chi connectivity index (χ0) is 15.8. The molecule has 0 aliphatic heterocycles. The van der Waals surface area contributed by atoms with Crippen molar-refractivity contribution in [1.82, 2.24) is 10.6 Å². The van der Waals surface area contributed by atoms with Crippen molar-refractivity contribution in [2.75, 3.05) is 13.1 Å². The predicted molar refractivity (Wildman–Crippen MR) is 86.8 cm³/mol. The molecule has 0 radical (unpaired) electrons. The van der Waals surface area contributed by atoms with Gasteiger partial charge in [0.15, 0.2) is 0 Å². The maximum atomic E-state index is 11.6. The lowest BCUT2D eigenvalue weighted by Gasteiger charge is -2.15. The van der Waals surface area contributed by atoms with Crippen LogP contribution in [0.3, 0.4) is 0 Å². The molecule has 0 aliphatic rings. The summed E-state index contributed by atoms with van der Waals surface area (Å²) >= 11 is 11.9. The van der Waals surface area contributed by atoms with Crippen LogP contribution in [-0.2, 0) is 4.79 Å². The van der Waals surface area contributed by atoms with E-state index in [1.807, 2.05) is 13.8 Å². The van der Waals surface area contributed by atoms with E-state index in [4.69, 9.17) is 23.2 Å². The third-order valence-electron chi connectivity index (χ3n) is 3.20. The molecule has 0 saturated heterocycles. The summed E-state index contributed by atoms with van der Waals surface area (Å²) in [6.45, 7) is 4.80. The number of aliphatic hydroxyl groups is 1. The van der Waals surface area contributed by atoms with E-state index in [-0.39, 0.29) is 11.9 Å². The Morgan fingerprint density at radius 2 is 2.10 bits per heavy atom. The quantitative estimate of drug-likeness (QED) is 0.641. The molecule has 0 aromatic heterocycles. The minimum Gasteiger partial charge on any atom is -0.387 e. The molecule has 118 valence electrons. The fraction of sp³-hybridized carbons (Fsp3) is 0.533. The van der Waals surface area contributed by atoms with Gasteiger partial charge in [0.2, 0.25) is 5.91 Å². The molecule has 0 heterocycles. The van der Waals surface area contributed by atoms with Crippen LogP contribution < -0.4 is 10.6 Å². The van der Waals surface area contributed by atoms with Crippen LogP contribution in [0.5, 0.6) is 0 Å². The molecule has 0 saturated carbocycles. The van der Waals surface area contributed by atoms with E-state index < -0.39 is 6.10 Å². The van der Waals surface area contributed by atoms with Crippen molar-refractivity contribution in [3.63, 3.8) is 0 Å². The first kappa shape index (κ1) is 18.2. The van der Waals surface area contributed by atoms with E-state index in [2.05, 4.69) is 10.6 Å². The molecule has 1 aromatic carbocycles. The van der Waals surface area contributed by atoms with Gasteiger partial charge in [0.1, 0.15) is 0 Å². The molecule has 1 rings (SSSR count). The Morgan fingerprint density at radius 1 is 1.38 bits per heavy atom. The molecular formula is C15H22Cl2N2O2. The molecule has 1 amide bonds. The van der Waals surface area contributed by atoms with Gasteiger partial charge in [-0.3, -0.25) is 4.79 Å². The molecule has 4 nitrogen and oxygen atoms in total. The Balaban J connectivity index is 2.32. The number of carbonyl (C=O) groups is 1. The molecule has 6 heteroatoms. The summed E-state index contributed by atoms with van der Waals surface area (Å²) in [7, 11) is 0. The Bertz CT molecular complexity index is 469. The minimum absolute atomic E-state index is 0.00660. The molecule has 0 bridgehead atoms. The number of halogens is 2. The number of nitrogens with one attached hydrogen (secondary N) is 2. The van der Waals surface area contributed by atoms with E-state index in [0.29, 0.717) is 35.1 Å². The summed E-state index contributed by atoms with van der Waals surface area (Å²) in [6, 6.07) is 5.16. The summed E-state index contributed by atoms with van der Waals surface area (Å²) in [6.07, 6.45) is 0.528. The molecule has 2 atom stereocenters. The third-order valence-corrected chi connectivity index (χ3v) is 3.78. The molecule has 1 aromatic rings. The second kappa shape index (κ2) is 9.26. The second-order valence-electron chi connectivity index (χ2n) is 5.01. The Morgan fingerprint density at radius 3 is 2.76 bits per heavy atom. The van der Waals surface area contributed by atoms with Crippen molar-refractivity contribution < 1.29 is 9.90 Å². The van der Waals surface area contributed by atoms with Crippen LogP contribution in [0.15, 0.2) is 18.2 Å². The number of carbonyl (C=O) groups excluding carboxylic acids is 1. The van der Waals surface area contributed by atoms with Gasteiger partial charge in [0.05, 0.1) is 6.10 Å². The molecule has 0 fully saturated rings. The van der Waals surface area contributed by atoms with Crippen molar-refractivity contribution >= 4 is 29.1 Å². The van der Waals surface area contributed by atoms with Crippen LogP contribution in [0.25, 0.3) is 0 Å². The summed E-state index contributed by atoms with van der Waals surface area (Å²) in [5, 5.41) is 17.0. The number of aliphatic hydroxyl groups excluding tert-OH is 1. The van der Waals surface area contributed by atoms with Crippen LogP contribution in [0, 0.1) is 0 Å². The first-order valence-corrected chi connectivity index (χ1v) is 7.82. The zero-order valence-electron chi connectivity index (χ0n) is 12.3. The fourth-order valence-electron chi connectivity index (χ4n) is 1.77. The molecule has 21 heavy (non-hydrogen) atoms. The maximum absolute atomic E-state index is 11.6. The van der Waals surface area contributed by atoms with E-state index in [9.17, 15) is 9.90 Å². The van der Waals surface area contributed by atoms with Crippen LogP contribution in [0.1, 0.15) is 38.4 Å². The largest absolute Gasteiger partial charge is 0.387 e. The number of amides is 1. The fourth-order valence-corrected chi connectivity index (χ4v) is 2.19. The third kappa shape index (κ3) is 6.66. The molecular weight excluding hydrogens is 311 g/mol. The van der Waals surface area contributed by atoms with Gasteiger partial charge in [-0.2, -0.15) is 0 Å². The Hall–Kier alpha value is -0.810. The maximum Gasteiger partial charge on any atom is 0.221 e. The number of rotatable bonds is 8.